The molecule has 0 radical (unpaired) electrons. The van der Waals surface area contributed by atoms with Crippen LogP contribution in [0.15, 0.2) is 176 Å². The molecule has 0 saturated heterocycles. The summed E-state index contributed by atoms with van der Waals surface area (Å²) in [6.45, 7) is 0. The third-order valence-electron chi connectivity index (χ3n) is 11.1. The molecular formula is C50H29N5. The van der Waals surface area contributed by atoms with E-state index in [-0.39, 0.29) is 0 Å². The second-order valence-corrected chi connectivity index (χ2v) is 14.0. The van der Waals surface area contributed by atoms with Crippen molar-refractivity contribution in [2.24, 2.45) is 0 Å². The van der Waals surface area contributed by atoms with E-state index in [0.717, 1.165) is 72.1 Å². The lowest BCUT2D eigenvalue weighted by Crippen LogP contribution is -1.98. The lowest BCUT2D eigenvalue weighted by molar-refractivity contribution is 1.15. The van der Waals surface area contributed by atoms with Gasteiger partial charge in [0.25, 0.3) is 0 Å². The monoisotopic (exact) mass is 699 g/mol. The van der Waals surface area contributed by atoms with Gasteiger partial charge >= 0.3 is 0 Å². The summed E-state index contributed by atoms with van der Waals surface area (Å²) in [5.74, 6) is 0. The molecule has 0 unspecified atom stereocenters. The van der Waals surface area contributed by atoms with Crippen molar-refractivity contribution in [1.82, 2.24) is 13.7 Å². The molecule has 0 amide bonds. The molecule has 8 aromatic carbocycles. The lowest BCUT2D eigenvalue weighted by Gasteiger charge is -2.13. The number of para-hydroxylation sites is 4. The van der Waals surface area contributed by atoms with Crippen molar-refractivity contribution >= 4 is 65.4 Å². The molecule has 5 nitrogen and oxygen atoms in total. The predicted molar refractivity (Wildman–Crippen MR) is 224 cm³/mol. The maximum Gasteiger partial charge on any atom is 0.0998 e. The fourth-order valence-electron chi connectivity index (χ4n) is 8.70. The Bertz CT molecular complexity index is 3400. The molecule has 0 spiro atoms. The highest BCUT2D eigenvalue weighted by Crippen LogP contribution is 2.38. The molecule has 0 aliphatic heterocycles. The minimum absolute atomic E-state index is 0.627. The van der Waals surface area contributed by atoms with Gasteiger partial charge in [-0.1, -0.05) is 97.1 Å². The van der Waals surface area contributed by atoms with Crippen LogP contribution in [0.4, 0.5) is 0 Å². The van der Waals surface area contributed by atoms with Crippen LogP contribution in [-0.2, 0) is 0 Å². The molecule has 0 N–H and O–H groups in total. The normalized spacial score (nSPS) is 11.6. The van der Waals surface area contributed by atoms with Crippen LogP contribution in [0.5, 0.6) is 0 Å². The first-order chi connectivity index (χ1) is 27.2. The second kappa shape index (κ2) is 11.8. The quantitative estimate of drug-likeness (QED) is 0.184. The van der Waals surface area contributed by atoms with Crippen LogP contribution in [0.3, 0.4) is 0 Å². The summed E-state index contributed by atoms with van der Waals surface area (Å²) in [5.41, 5.74) is 12.8. The van der Waals surface area contributed by atoms with Crippen molar-refractivity contribution in [1.29, 1.82) is 10.5 Å². The van der Waals surface area contributed by atoms with E-state index in [1.165, 1.54) is 21.5 Å². The predicted octanol–water partition coefficient (Wildman–Crippen LogP) is 12.4. The van der Waals surface area contributed by atoms with Crippen molar-refractivity contribution < 1.29 is 0 Å². The molecule has 0 atom stereocenters. The molecule has 55 heavy (non-hydrogen) atoms. The van der Waals surface area contributed by atoms with Crippen LogP contribution in [0, 0.1) is 22.7 Å². The summed E-state index contributed by atoms with van der Waals surface area (Å²) in [4.78, 5) is 0. The molecule has 11 aromatic rings. The lowest BCUT2D eigenvalue weighted by atomic mass is 9.99. The van der Waals surface area contributed by atoms with E-state index in [0.29, 0.717) is 11.1 Å². The van der Waals surface area contributed by atoms with E-state index in [2.05, 4.69) is 184 Å². The Balaban J connectivity index is 1.04. The fourth-order valence-corrected chi connectivity index (χ4v) is 8.70. The van der Waals surface area contributed by atoms with Gasteiger partial charge in [-0.2, -0.15) is 10.5 Å². The number of rotatable bonds is 4. The molecule has 3 aromatic heterocycles. The van der Waals surface area contributed by atoms with Crippen molar-refractivity contribution in [2.75, 3.05) is 0 Å². The molecule has 11 rings (SSSR count). The molecule has 0 fully saturated rings. The van der Waals surface area contributed by atoms with Gasteiger partial charge in [0.2, 0.25) is 0 Å². The Hall–Kier alpha value is -7.86. The van der Waals surface area contributed by atoms with Crippen LogP contribution in [0.1, 0.15) is 11.1 Å². The average molecular weight is 700 g/mol. The minimum Gasteiger partial charge on any atom is -0.309 e. The largest absolute Gasteiger partial charge is 0.309 e. The highest BCUT2D eigenvalue weighted by Gasteiger charge is 2.18. The molecule has 5 heteroatoms. The summed E-state index contributed by atoms with van der Waals surface area (Å²) in [5, 5.41) is 27.0. The Morgan fingerprint density at radius 2 is 0.782 bits per heavy atom. The highest BCUT2D eigenvalue weighted by molar-refractivity contribution is 6.12. The van der Waals surface area contributed by atoms with Crippen LogP contribution < -0.4 is 0 Å². The van der Waals surface area contributed by atoms with Gasteiger partial charge in [0.15, 0.2) is 0 Å². The number of nitriles is 2. The third-order valence-corrected chi connectivity index (χ3v) is 11.1. The SMILES string of the molecule is N#Cc1ccc2c(c1)c1ccccc1n2-c1ccc2c3ccccc3n(-c3ccc(-c4ccc(-n5c6ccccc6c6ccccc65)cc4C#N)cc3)c2c1. The molecule has 0 saturated carbocycles. The Labute approximate surface area is 316 Å². The first-order valence-electron chi connectivity index (χ1n) is 18.3. The molecular weight excluding hydrogens is 671 g/mol. The van der Waals surface area contributed by atoms with Gasteiger partial charge in [-0.05, 0) is 90.0 Å². The van der Waals surface area contributed by atoms with E-state index < -0.39 is 0 Å². The van der Waals surface area contributed by atoms with Gasteiger partial charge in [0.1, 0.15) is 0 Å². The number of fused-ring (bicyclic) bond motifs is 9. The summed E-state index contributed by atoms with van der Waals surface area (Å²) < 4.78 is 6.87. The van der Waals surface area contributed by atoms with Crippen LogP contribution in [0.2, 0.25) is 0 Å². The van der Waals surface area contributed by atoms with E-state index in [9.17, 15) is 10.5 Å². The topological polar surface area (TPSA) is 62.4 Å². The summed E-state index contributed by atoms with van der Waals surface area (Å²) >= 11 is 0. The van der Waals surface area contributed by atoms with Crippen LogP contribution in [-0.4, -0.2) is 13.7 Å². The average Bonchev–Trinajstić information content (AvgIpc) is 3.88. The van der Waals surface area contributed by atoms with E-state index >= 15 is 0 Å². The van der Waals surface area contributed by atoms with Gasteiger partial charge in [0, 0.05) is 49.4 Å². The van der Waals surface area contributed by atoms with Gasteiger partial charge in [-0.3, -0.25) is 0 Å². The van der Waals surface area contributed by atoms with Gasteiger partial charge < -0.3 is 13.7 Å². The summed E-state index contributed by atoms with van der Waals surface area (Å²) in [6.07, 6.45) is 0. The van der Waals surface area contributed by atoms with Gasteiger partial charge in [-0.15, -0.1) is 0 Å². The van der Waals surface area contributed by atoms with Gasteiger partial charge in [-0.25, -0.2) is 0 Å². The fraction of sp³-hybridized carbons (Fsp3) is 0. The molecule has 0 aliphatic rings. The second-order valence-electron chi connectivity index (χ2n) is 14.0. The standard InChI is InChI=1S/C50H29N5/c51-30-32-17-26-49-44(27-32)42-12-4-8-16-48(42)55(49)37-23-25-43-41-11-3-5-13-45(41)53(50(43)29-37)35-20-18-33(19-21-35)38-24-22-36(28-34(38)31-52)54-46-14-6-1-9-39(46)40-10-2-7-15-47(40)54/h1-29H. The first kappa shape index (κ1) is 30.7. The first-order valence-corrected chi connectivity index (χ1v) is 18.3. The van der Waals surface area contributed by atoms with Crippen molar-refractivity contribution in [3.63, 3.8) is 0 Å². The molecule has 0 bridgehead atoms. The van der Waals surface area contributed by atoms with E-state index in [1.807, 2.05) is 18.2 Å². The third kappa shape index (κ3) is 4.51. The van der Waals surface area contributed by atoms with E-state index in [4.69, 9.17) is 0 Å². The zero-order chi connectivity index (χ0) is 36.6. The summed E-state index contributed by atoms with van der Waals surface area (Å²) in [6, 6.07) is 66.0. The molecule has 3 heterocycles. The molecule has 0 aliphatic carbocycles. The Morgan fingerprint density at radius 1 is 0.327 bits per heavy atom. The van der Waals surface area contributed by atoms with Crippen LogP contribution >= 0.6 is 0 Å². The Kier molecular flexibility index (Phi) is 6.61. The van der Waals surface area contributed by atoms with Crippen molar-refractivity contribution in [3.8, 4) is 40.3 Å². The van der Waals surface area contributed by atoms with E-state index in [1.54, 1.807) is 0 Å². The zero-order valence-corrected chi connectivity index (χ0v) is 29.5. The summed E-state index contributed by atoms with van der Waals surface area (Å²) in [7, 11) is 0. The Morgan fingerprint density at radius 3 is 1.35 bits per heavy atom. The number of nitrogens with zero attached hydrogens (tertiary/aromatic N) is 5. The van der Waals surface area contributed by atoms with Gasteiger partial charge in [0.05, 0.1) is 56.4 Å². The van der Waals surface area contributed by atoms with Crippen molar-refractivity contribution in [3.05, 3.63) is 187 Å². The number of hydrogen-bond donors (Lipinski definition) is 0. The maximum atomic E-state index is 10.5. The van der Waals surface area contributed by atoms with Crippen molar-refractivity contribution in [2.45, 2.75) is 0 Å². The maximum absolute atomic E-state index is 10.5. The van der Waals surface area contributed by atoms with Crippen LogP contribution in [0.25, 0.3) is 93.6 Å². The number of hydrogen-bond acceptors (Lipinski definition) is 2. The number of aromatic nitrogens is 3. The highest BCUT2D eigenvalue weighted by atomic mass is 15.0. The number of benzene rings is 8. The molecule has 254 valence electrons. The zero-order valence-electron chi connectivity index (χ0n) is 29.5. The minimum atomic E-state index is 0.627. The smallest absolute Gasteiger partial charge is 0.0998 e.